The van der Waals surface area contributed by atoms with E-state index < -0.39 is 6.10 Å². The molecule has 0 aromatic carbocycles. The van der Waals surface area contributed by atoms with Crippen LogP contribution < -0.4 is 21.7 Å². The van der Waals surface area contributed by atoms with Gasteiger partial charge in [-0.2, -0.15) is 0 Å². The Morgan fingerprint density at radius 2 is 1.47 bits per heavy atom. The first-order chi connectivity index (χ1) is 21.6. The van der Waals surface area contributed by atoms with Gasteiger partial charge in [-0.1, -0.05) is 33.6 Å². The van der Waals surface area contributed by atoms with Gasteiger partial charge in [-0.15, -0.1) is 0 Å². The molecule has 0 spiro atoms. The number of carbonyl (C=O) groups is 2. The minimum absolute atomic E-state index is 0.0655. The number of fused-ring (bicyclic) bond motifs is 5. The average molecular weight is 635 g/mol. The summed E-state index contributed by atoms with van der Waals surface area (Å²) in [6, 6.07) is 0. The highest BCUT2D eigenvalue weighted by Crippen LogP contribution is 2.61. The Balaban J connectivity index is 1.43. The fourth-order valence-corrected chi connectivity index (χ4v) is 10.2. The molecule has 12 atom stereocenters. The van der Waals surface area contributed by atoms with Crippen molar-refractivity contribution >= 4 is 11.9 Å². The van der Waals surface area contributed by atoms with E-state index in [2.05, 4.69) is 36.7 Å². The predicted octanol–water partition coefficient (Wildman–Crippen LogP) is 3.46. The lowest BCUT2D eigenvalue weighted by molar-refractivity contribution is -0.152. The van der Waals surface area contributed by atoms with E-state index in [4.69, 9.17) is 10.5 Å². The predicted molar refractivity (Wildman–Crippen MR) is 178 cm³/mol. The van der Waals surface area contributed by atoms with Gasteiger partial charge in [0.05, 0.1) is 12.2 Å². The summed E-state index contributed by atoms with van der Waals surface area (Å²) < 4.78 is 6.08. The van der Waals surface area contributed by atoms with E-state index in [0.717, 1.165) is 90.4 Å². The van der Waals surface area contributed by atoms with Gasteiger partial charge >= 0.3 is 5.97 Å². The minimum atomic E-state index is -0.402. The number of amides is 1. The Morgan fingerprint density at radius 1 is 0.800 bits per heavy atom. The second-order valence-corrected chi connectivity index (χ2v) is 15.5. The van der Waals surface area contributed by atoms with Crippen LogP contribution in [0.4, 0.5) is 0 Å². The molecule has 0 heterocycles. The van der Waals surface area contributed by atoms with E-state index >= 15 is 0 Å². The van der Waals surface area contributed by atoms with Crippen LogP contribution in [0, 0.1) is 59.2 Å². The van der Waals surface area contributed by atoms with Crippen LogP contribution in [0.15, 0.2) is 0 Å². The number of ether oxygens (including phenoxy) is 1. The maximum atomic E-state index is 14.0. The largest absolute Gasteiger partial charge is 0.462 e. The Hall–Kier alpha value is -1.26. The Bertz CT molecular complexity index is 920. The molecule has 0 saturated heterocycles. The molecule has 7 N–H and O–H groups in total. The van der Waals surface area contributed by atoms with Crippen molar-refractivity contribution in [1.29, 1.82) is 0 Å². The Kier molecular flexibility index (Phi) is 14.4. The number of nitrogens with two attached hydrogens (primary N) is 1. The molecule has 10 unspecified atom stereocenters. The van der Waals surface area contributed by atoms with Crippen LogP contribution in [-0.4, -0.2) is 79.7 Å². The van der Waals surface area contributed by atoms with Crippen molar-refractivity contribution in [3.63, 3.8) is 0 Å². The fraction of sp³-hybridized carbons (Fsp3) is 0.944. The van der Waals surface area contributed by atoms with Gasteiger partial charge in [0.1, 0.15) is 6.10 Å². The van der Waals surface area contributed by atoms with Crippen molar-refractivity contribution < 1.29 is 24.5 Å². The lowest BCUT2D eigenvalue weighted by Crippen LogP contribution is -2.54. The third-order valence-corrected chi connectivity index (χ3v) is 12.2. The average Bonchev–Trinajstić information content (AvgIpc) is 3.34. The van der Waals surface area contributed by atoms with E-state index in [-0.39, 0.29) is 53.7 Å². The molecule has 0 aromatic rings. The molecule has 0 aliphatic heterocycles. The summed E-state index contributed by atoms with van der Waals surface area (Å²) in [7, 11) is 0. The zero-order valence-electron chi connectivity index (χ0n) is 28.7. The third-order valence-electron chi connectivity index (χ3n) is 12.2. The van der Waals surface area contributed by atoms with Gasteiger partial charge in [-0.05, 0) is 125 Å². The lowest BCUT2D eigenvalue weighted by atomic mass is 9.50. The van der Waals surface area contributed by atoms with E-state index in [1.54, 1.807) is 0 Å². The van der Waals surface area contributed by atoms with Crippen LogP contribution in [0.2, 0.25) is 0 Å². The molecule has 1 amide bonds. The van der Waals surface area contributed by atoms with Crippen LogP contribution >= 0.6 is 0 Å². The molecule has 4 aliphatic carbocycles. The SMILES string of the molecule is CC(=O)OC1CC2C(CC(O)C3C2CCC2C3CC[C@@H](O)[C@H]2C)C1C(CCCC(C)C)C(=O)NCCCNCCNCCCN. The zero-order valence-corrected chi connectivity index (χ0v) is 28.7. The highest BCUT2D eigenvalue weighted by atomic mass is 16.5. The van der Waals surface area contributed by atoms with E-state index in [9.17, 15) is 19.8 Å². The van der Waals surface area contributed by atoms with Gasteiger partial charge in [0, 0.05) is 38.4 Å². The van der Waals surface area contributed by atoms with Gasteiger partial charge in [0.25, 0.3) is 0 Å². The summed E-state index contributed by atoms with van der Waals surface area (Å²) in [6.07, 6.45) is 9.19. The van der Waals surface area contributed by atoms with E-state index in [1.807, 2.05) is 0 Å². The first kappa shape index (κ1) is 36.6. The Morgan fingerprint density at radius 3 is 2.16 bits per heavy atom. The number of hydrogen-bond donors (Lipinski definition) is 6. The van der Waals surface area contributed by atoms with E-state index in [1.165, 1.54) is 6.92 Å². The van der Waals surface area contributed by atoms with Crippen LogP contribution in [0.3, 0.4) is 0 Å². The van der Waals surface area contributed by atoms with Crippen molar-refractivity contribution in [2.75, 3.05) is 39.3 Å². The molecule has 9 heteroatoms. The van der Waals surface area contributed by atoms with Crippen molar-refractivity contribution in [2.24, 2.45) is 64.9 Å². The summed E-state index contributed by atoms with van der Waals surface area (Å²) in [6.45, 7) is 13.0. The molecule has 0 radical (unpaired) electrons. The Labute approximate surface area is 273 Å². The van der Waals surface area contributed by atoms with Gasteiger partial charge < -0.3 is 36.6 Å². The summed E-state index contributed by atoms with van der Waals surface area (Å²) in [5.41, 5.74) is 5.54. The third kappa shape index (κ3) is 9.43. The number of carbonyl (C=O) groups excluding carboxylic acids is 2. The van der Waals surface area contributed by atoms with Crippen LogP contribution in [0.5, 0.6) is 0 Å². The molecule has 4 saturated carbocycles. The van der Waals surface area contributed by atoms with Gasteiger partial charge in [-0.25, -0.2) is 0 Å². The maximum Gasteiger partial charge on any atom is 0.302 e. The standard InChI is InChI=1S/C36H66N4O5/c1-22(2)8-5-9-28(36(44)40-17-7-16-39-19-18-38-15-6-14-37)35-30-20-32(43)34-26-12-13-31(42)23(3)25(26)10-11-27(34)29(30)21-33(35)45-24(4)41/h22-23,25-35,38-39,42-43H,5-21,37H2,1-4H3,(H,40,44)/t23-,25?,26?,27?,28?,29?,30?,31+,32?,33?,34?,35?/m0/s1. The summed E-state index contributed by atoms with van der Waals surface area (Å²) in [4.78, 5) is 26.4. The van der Waals surface area contributed by atoms with Crippen LogP contribution in [0.1, 0.15) is 98.3 Å². The van der Waals surface area contributed by atoms with Crippen LogP contribution in [-0.2, 0) is 14.3 Å². The molecular weight excluding hydrogens is 568 g/mol. The quantitative estimate of drug-likeness (QED) is 0.105. The normalized spacial score (nSPS) is 36.6. The smallest absolute Gasteiger partial charge is 0.302 e. The molecule has 4 aliphatic rings. The molecule has 4 rings (SSSR count). The van der Waals surface area contributed by atoms with Crippen LogP contribution in [0.25, 0.3) is 0 Å². The molecule has 260 valence electrons. The zero-order chi connectivity index (χ0) is 32.5. The summed E-state index contributed by atoms with van der Waals surface area (Å²) in [5.74, 6) is 2.45. The lowest BCUT2D eigenvalue weighted by Gasteiger charge is -2.56. The first-order valence-corrected chi connectivity index (χ1v) is 18.6. The summed E-state index contributed by atoms with van der Waals surface area (Å²) >= 11 is 0. The number of rotatable bonds is 17. The van der Waals surface area contributed by atoms with Crippen molar-refractivity contribution in [3.05, 3.63) is 0 Å². The highest BCUT2D eigenvalue weighted by Gasteiger charge is 2.60. The van der Waals surface area contributed by atoms with Gasteiger partial charge in [0.15, 0.2) is 0 Å². The summed E-state index contributed by atoms with van der Waals surface area (Å²) in [5, 5.41) is 32.5. The van der Waals surface area contributed by atoms with Crippen molar-refractivity contribution in [3.8, 4) is 0 Å². The van der Waals surface area contributed by atoms with Gasteiger partial charge in [-0.3, -0.25) is 9.59 Å². The highest BCUT2D eigenvalue weighted by molar-refractivity contribution is 5.79. The number of hydrogen-bond acceptors (Lipinski definition) is 8. The van der Waals surface area contributed by atoms with Gasteiger partial charge in [0.2, 0.25) is 5.91 Å². The van der Waals surface area contributed by atoms with Crippen molar-refractivity contribution in [2.45, 2.75) is 117 Å². The maximum absolute atomic E-state index is 14.0. The van der Waals surface area contributed by atoms with E-state index in [0.29, 0.717) is 49.1 Å². The number of aliphatic hydroxyl groups is 2. The fourth-order valence-electron chi connectivity index (χ4n) is 10.2. The second kappa shape index (κ2) is 17.8. The molecule has 4 fully saturated rings. The molecular formula is C36H66N4O5. The first-order valence-electron chi connectivity index (χ1n) is 18.6. The molecule has 0 aromatic heterocycles. The monoisotopic (exact) mass is 635 g/mol. The number of aliphatic hydroxyl groups excluding tert-OH is 2. The van der Waals surface area contributed by atoms with Crippen molar-refractivity contribution in [1.82, 2.24) is 16.0 Å². The molecule has 0 bridgehead atoms. The number of nitrogens with one attached hydrogen (secondary N) is 3. The topological polar surface area (TPSA) is 146 Å². The molecule has 45 heavy (non-hydrogen) atoms. The second-order valence-electron chi connectivity index (χ2n) is 15.5. The number of esters is 1. The molecule has 9 nitrogen and oxygen atoms in total. The minimum Gasteiger partial charge on any atom is -0.462 e.